The van der Waals surface area contributed by atoms with Gasteiger partial charge in [0.25, 0.3) is 5.89 Å². The highest BCUT2D eigenvalue weighted by Crippen LogP contribution is 2.27. The van der Waals surface area contributed by atoms with Crippen LogP contribution in [-0.4, -0.2) is 32.7 Å². The number of nitrogens with one attached hydrogen (secondary N) is 1. The normalized spacial score (nSPS) is 11.0. The van der Waals surface area contributed by atoms with E-state index in [0.717, 1.165) is 11.1 Å². The number of hydrogen-bond donors (Lipinski definition) is 1. The van der Waals surface area contributed by atoms with Crippen molar-refractivity contribution in [2.75, 3.05) is 12.4 Å². The maximum atomic E-state index is 13.3. The lowest BCUT2D eigenvalue weighted by Gasteiger charge is -2.13. The van der Waals surface area contributed by atoms with Gasteiger partial charge in [-0.2, -0.15) is 4.98 Å². The molecule has 5 aromatic rings. The van der Waals surface area contributed by atoms with E-state index in [1.165, 1.54) is 13.3 Å². The maximum Gasteiger partial charge on any atom is 0.263 e. The molecule has 9 nitrogen and oxygen atoms in total. The van der Waals surface area contributed by atoms with E-state index in [1.54, 1.807) is 34.9 Å². The highest BCUT2D eigenvalue weighted by molar-refractivity contribution is 6.32. The minimum Gasteiger partial charge on any atom is -0.495 e. The van der Waals surface area contributed by atoms with Gasteiger partial charge in [-0.3, -0.25) is 9.59 Å². The van der Waals surface area contributed by atoms with Gasteiger partial charge >= 0.3 is 0 Å². The SMILES string of the molecule is COc1ccc(NC(=O)Cn2cc(-c3nc(-c4ccc(C)cc4)no3)c(=O)c3ccc(C)nc32)cc1Cl. The van der Waals surface area contributed by atoms with Gasteiger partial charge in [-0.1, -0.05) is 46.6 Å². The first kappa shape index (κ1) is 24.2. The first-order valence-corrected chi connectivity index (χ1v) is 11.8. The van der Waals surface area contributed by atoms with Crippen LogP contribution in [-0.2, 0) is 11.3 Å². The topological polar surface area (TPSA) is 112 Å². The smallest absolute Gasteiger partial charge is 0.263 e. The molecule has 0 atom stereocenters. The van der Waals surface area contributed by atoms with E-state index < -0.39 is 0 Å². The second-order valence-electron chi connectivity index (χ2n) is 8.51. The molecule has 0 aliphatic rings. The lowest BCUT2D eigenvalue weighted by Crippen LogP contribution is -2.22. The van der Waals surface area contributed by atoms with Crippen molar-refractivity contribution in [2.24, 2.45) is 0 Å². The number of anilines is 1. The van der Waals surface area contributed by atoms with Crippen LogP contribution in [0.1, 0.15) is 11.3 Å². The number of ether oxygens (including phenoxy) is 1. The first-order chi connectivity index (χ1) is 17.8. The largest absolute Gasteiger partial charge is 0.495 e. The van der Waals surface area contributed by atoms with Crippen LogP contribution in [0.5, 0.6) is 5.75 Å². The molecule has 1 amide bonds. The fourth-order valence-corrected chi connectivity index (χ4v) is 4.14. The molecule has 2 aromatic carbocycles. The standard InChI is InChI=1S/C27H22ClN5O4/c1-15-4-7-17(8-5-15)25-31-27(37-32-25)20-13-33(26-19(24(20)35)10-6-16(2)29-26)14-23(34)30-18-9-11-22(36-3)21(28)12-18/h4-13H,14H2,1-3H3,(H,30,34). The molecule has 0 fully saturated rings. The minimum absolute atomic E-state index is 0.0548. The Morgan fingerprint density at radius 2 is 1.86 bits per heavy atom. The van der Waals surface area contributed by atoms with E-state index in [4.69, 9.17) is 20.9 Å². The van der Waals surface area contributed by atoms with Crippen LogP contribution in [0, 0.1) is 13.8 Å². The van der Waals surface area contributed by atoms with Gasteiger partial charge < -0.3 is 19.1 Å². The monoisotopic (exact) mass is 515 g/mol. The van der Waals surface area contributed by atoms with Crippen molar-refractivity contribution >= 4 is 34.2 Å². The molecule has 0 saturated carbocycles. The molecule has 0 radical (unpaired) electrons. The van der Waals surface area contributed by atoms with Crippen molar-refractivity contribution in [1.29, 1.82) is 0 Å². The summed E-state index contributed by atoms with van der Waals surface area (Å²) in [5.74, 6) is 0.572. The fourth-order valence-electron chi connectivity index (χ4n) is 3.88. The number of methoxy groups -OCH3 is 1. The number of fused-ring (bicyclic) bond motifs is 1. The zero-order valence-corrected chi connectivity index (χ0v) is 21.0. The Kier molecular flexibility index (Phi) is 6.45. The van der Waals surface area contributed by atoms with Gasteiger partial charge in [-0.15, -0.1) is 0 Å². The van der Waals surface area contributed by atoms with E-state index in [1.807, 2.05) is 38.1 Å². The molecule has 0 spiro atoms. The van der Waals surface area contributed by atoms with Crippen molar-refractivity contribution in [1.82, 2.24) is 19.7 Å². The molecule has 37 heavy (non-hydrogen) atoms. The van der Waals surface area contributed by atoms with E-state index in [9.17, 15) is 9.59 Å². The number of rotatable bonds is 6. The van der Waals surface area contributed by atoms with Crippen molar-refractivity contribution in [2.45, 2.75) is 20.4 Å². The number of carbonyl (C=O) groups is 1. The molecule has 186 valence electrons. The van der Waals surface area contributed by atoms with Crippen LogP contribution >= 0.6 is 11.6 Å². The molecular formula is C27H22ClN5O4. The van der Waals surface area contributed by atoms with Gasteiger partial charge in [0, 0.05) is 23.1 Å². The quantitative estimate of drug-likeness (QED) is 0.337. The van der Waals surface area contributed by atoms with Gasteiger partial charge in [-0.25, -0.2) is 4.98 Å². The number of hydrogen-bond acceptors (Lipinski definition) is 7. The highest BCUT2D eigenvalue weighted by Gasteiger charge is 2.19. The second-order valence-corrected chi connectivity index (χ2v) is 8.92. The summed E-state index contributed by atoms with van der Waals surface area (Å²) in [7, 11) is 1.51. The third kappa shape index (κ3) is 4.94. The zero-order chi connectivity index (χ0) is 26.1. The third-order valence-corrected chi connectivity index (χ3v) is 6.07. The first-order valence-electron chi connectivity index (χ1n) is 11.4. The average molecular weight is 516 g/mol. The maximum absolute atomic E-state index is 13.3. The molecule has 0 unspecified atom stereocenters. The minimum atomic E-state index is -0.341. The highest BCUT2D eigenvalue weighted by atomic mass is 35.5. The van der Waals surface area contributed by atoms with Crippen molar-refractivity contribution in [3.63, 3.8) is 0 Å². The number of nitrogens with zero attached hydrogens (tertiary/aromatic N) is 4. The van der Waals surface area contributed by atoms with Gasteiger partial charge in [0.05, 0.1) is 17.5 Å². The van der Waals surface area contributed by atoms with Crippen LogP contribution < -0.4 is 15.5 Å². The lowest BCUT2D eigenvalue weighted by atomic mass is 10.1. The van der Waals surface area contributed by atoms with Gasteiger partial charge in [-0.05, 0) is 44.2 Å². The summed E-state index contributed by atoms with van der Waals surface area (Å²) < 4.78 is 12.2. The van der Waals surface area contributed by atoms with E-state index >= 15 is 0 Å². The van der Waals surface area contributed by atoms with Crippen molar-refractivity contribution < 1.29 is 14.1 Å². The summed E-state index contributed by atoms with van der Waals surface area (Å²) in [5, 5.41) is 7.56. The molecule has 0 saturated heterocycles. The summed E-state index contributed by atoms with van der Waals surface area (Å²) in [6.45, 7) is 3.67. The molecule has 1 N–H and O–H groups in total. The van der Waals surface area contributed by atoms with Gasteiger partial charge in [0.15, 0.2) is 0 Å². The lowest BCUT2D eigenvalue weighted by molar-refractivity contribution is -0.116. The van der Waals surface area contributed by atoms with Gasteiger partial charge in [0.1, 0.15) is 23.5 Å². The van der Waals surface area contributed by atoms with Crippen molar-refractivity contribution in [3.05, 3.63) is 87.3 Å². The summed E-state index contributed by atoms with van der Waals surface area (Å²) in [4.78, 5) is 35.3. The Morgan fingerprint density at radius 3 is 2.59 bits per heavy atom. The predicted molar refractivity (Wildman–Crippen MR) is 141 cm³/mol. The molecule has 3 heterocycles. The van der Waals surface area contributed by atoms with Gasteiger partial charge in [0.2, 0.25) is 17.2 Å². The van der Waals surface area contributed by atoms with Crippen LogP contribution in [0.4, 0.5) is 5.69 Å². The number of amides is 1. The number of benzene rings is 2. The predicted octanol–water partition coefficient (Wildman–Crippen LogP) is 5.03. The summed E-state index contributed by atoms with van der Waals surface area (Å²) in [6, 6.07) is 16.0. The Balaban J connectivity index is 1.52. The second kappa shape index (κ2) is 9.87. The Bertz CT molecular complexity index is 1690. The number of pyridine rings is 2. The molecule has 10 heteroatoms. The van der Waals surface area contributed by atoms with Crippen LogP contribution in [0.3, 0.4) is 0 Å². The fraction of sp³-hybridized carbons (Fsp3) is 0.148. The number of halogens is 1. The Hall–Kier alpha value is -4.50. The molecular weight excluding hydrogens is 494 g/mol. The number of aryl methyl sites for hydroxylation is 2. The van der Waals surface area contributed by atoms with Crippen molar-refractivity contribution in [3.8, 4) is 28.6 Å². The summed E-state index contributed by atoms with van der Waals surface area (Å²) in [5.41, 5.74) is 3.29. The molecule has 0 aliphatic heterocycles. The van der Waals surface area contributed by atoms with Crippen LogP contribution in [0.15, 0.2) is 70.1 Å². The van der Waals surface area contributed by atoms with E-state index in [0.29, 0.717) is 39.0 Å². The molecule has 3 aromatic heterocycles. The zero-order valence-electron chi connectivity index (χ0n) is 20.3. The van der Waals surface area contributed by atoms with E-state index in [2.05, 4.69) is 20.4 Å². The molecule has 5 rings (SSSR count). The summed E-state index contributed by atoms with van der Waals surface area (Å²) in [6.07, 6.45) is 1.52. The Labute approximate surface area is 216 Å². The molecule has 0 bridgehead atoms. The number of carbonyl (C=O) groups excluding carboxylic acids is 1. The van der Waals surface area contributed by atoms with Crippen LogP contribution in [0.25, 0.3) is 33.9 Å². The van der Waals surface area contributed by atoms with E-state index in [-0.39, 0.29) is 29.3 Å². The average Bonchev–Trinajstić information content (AvgIpc) is 3.36. The number of aromatic nitrogens is 4. The Morgan fingerprint density at radius 1 is 1.08 bits per heavy atom. The third-order valence-electron chi connectivity index (χ3n) is 5.78. The van der Waals surface area contributed by atoms with Crippen LogP contribution in [0.2, 0.25) is 5.02 Å². The molecule has 0 aliphatic carbocycles. The summed E-state index contributed by atoms with van der Waals surface area (Å²) >= 11 is 6.18.